The van der Waals surface area contributed by atoms with Crippen LogP contribution in [0.2, 0.25) is 5.02 Å². The maximum atomic E-state index is 12.1. The van der Waals surface area contributed by atoms with Gasteiger partial charge >= 0.3 is 0 Å². The van der Waals surface area contributed by atoms with E-state index in [4.69, 9.17) is 11.6 Å². The molecular formula is C19H19ClN2O2. The molecule has 2 aromatic rings. The Morgan fingerprint density at radius 3 is 2.67 bits per heavy atom. The number of fused-ring (bicyclic) bond motifs is 1. The minimum Gasteiger partial charge on any atom is -0.355 e. The molecule has 0 spiro atoms. The summed E-state index contributed by atoms with van der Waals surface area (Å²) in [5, 5.41) is 6.16. The Balaban J connectivity index is 1.93. The Morgan fingerprint density at radius 1 is 1.29 bits per heavy atom. The van der Waals surface area contributed by atoms with Crippen LogP contribution in [0.3, 0.4) is 0 Å². The topological polar surface area (TPSA) is 58.2 Å². The van der Waals surface area contributed by atoms with Crippen molar-refractivity contribution in [3.63, 3.8) is 0 Å². The van der Waals surface area contributed by atoms with Crippen LogP contribution in [0.4, 0.5) is 0 Å². The summed E-state index contributed by atoms with van der Waals surface area (Å²) >= 11 is 6.50. The van der Waals surface area contributed by atoms with E-state index in [0.29, 0.717) is 29.1 Å². The summed E-state index contributed by atoms with van der Waals surface area (Å²) in [5.41, 5.74) is 5.35. The third kappa shape index (κ3) is 3.02. The fraction of sp³-hybridized carbons (Fsp3) is 0.263. The molecule has 1 aliphatic heterocycles. The average Bonchev–Trinajstić information content (AvgIpc) is 2.60. The summed E-state index contributed by atoms with van der Waals surface area (Å²) in [6, 6.07) is 9.40. The van der Waals surface area contributed by atoms with Gasteiger partial charge in [-0.2, -0.15) is 0 Å². The summed E-state index contributed by atoms with van der Waals surface area (Å²) in [4.78, 5) is 23.7. The Kier molecular flexibility index (Phi) is 4.58. The predicted octanol–water partition coefficient (Wildman–Crippen LogP) is 2.88. The van der Waals surface area contributed by atoms with Crippen LogP contribution in [0, 0.1) is 6.92 Å². The number of benzene rings is 2. The molecule has 0 aliphatic carbocycles. The van der Waals surface area contributed by atoms with Crippen molar-refractivity contribution < 1.29 is 9.59 Å². The smallest absolute Gasteiger partial charge is 0.251 e. The van der Waals surface area contributed by atoms with Crippen molar-refractivity contribution in [3.05, 3.63) is 68.7 Å². The van der Waals surface area contributed by atoms with Crippen LogP contribution < -0.4 is 10.6 Å². The van der Waals surface area contributed by atoms with Crippen LogP contribution >= 0.6 is 11.6 Å². The molecule has 4 nitrogen and oxygen atoms in total. The van der Waals surface area contributed by atoms with Crippen LogP contribution in [0.25, 0.3) is 0 Å². The molecule has 2 N–H and O–H groups in total. The Hall–Kier alpha value is -2.33. The van der Waals surface area contributed by atoms with Crippen molar-refractivity contribution in [2.45, 2.75) is 19.8 Å². The summed E-state index contributed by atoms with van der Waals surface area (Å²) in [6.45, 7) is 2.62. The second-order valence-electron chi connectivity index (χ2n) is 5.96. The van der Waals surface area contributed by atoms with E-state index in [1.54, 1.807) is 19.2 Å². The van der Waals surface area contributed by atoms with Crippen molar-refractivity contribution in [2.24, 2.45) is 0 Å². The molecule has 0 fully saturated rings. The Morgan fingerprint density at radius 2 is 2.00 bits per heavy atom. The van der Waals surface area contributed by atoms with Crippen LogP contribution in [0.15, 0.2) is 30.3 Å². The number of halogens is 1. The van der Waals surface area contributed by atoms with Crippen molar-refractivity contribution in [2.75, 3.05) is 13.6 Å². The maximum absolute atomic E-state index is 12.1. The number of hydrogen-bond donors (Lipinski definition) is 2. The molecule has 0 atom stereocenters. The van der Waals surface area contributed by atoms with Gasteiger partial charge in [0, 0.05) is 29.7 Å². The average molecular weight is 343 g/mol. The zero-order chi connectivity index (χ0) is 17.3. The molecule has 2 aromatic carbocycles. The molecule has 5 heteroatoms. The van der Waals surface area contributed by atoms with Gasteiger partial charge < -0.3 is 10.6 Å². The first kappa shape index (κ1) is 16.5. The van der Waals surface area contributed by atoms with Gasteiger partial charge in [-0.05, 0) is 60.2 Å². The van der Waals surface area contributed by atoms with E-state index in [9.17, 15) is 9.59 Å². The summed E-state index contributed by atoms with van der Waals surface area (Å²) in [7, 11) is 1.61. The molecule has 0 saturated heterocycles. The molecule has 3 rings (SSSR count). The third-order valence-corrected chi connectivity index (χ3v) is 4.97. The number of carbonyl (C=O) groups is 2. The van der Waals surface area contributed by atoms with Gasteiger partial charge in [0.05, 0.1) is 0 Å². The van der Waals surface area contributed by atoms with Gasteiger partial charge in [-0.25, -0.2) is 0 Å². The number of nitrogens with one attached hydrogen (secondary N) is 2. The van der Waals surface area contributed by atoms with Crippen molar-refractivity contribution in [1.29, 1.82) is 0 Å². The monoisotopic (exact) mass is 342 g/mol. The number of carbonyl (C=O) groups excluding carboxylic acids is 2. The van der Waals surface area contributed by atoms with E-state index in [1.807, 2.05) is 25.1 Å². The first-order chi connectivity index (χ1) is 11.5. The molecular weight excluding hydrogens is 324 g/mol. The lowest BCUT2D eigenvalue weighted by atomic mass is 9.91. The van der Waals surface area contributed by atoms with Crippen molar-refractivity contribution in [1.82, 2.24) is 10.6 Å². The molecule has 0 bridgehead atoms. The van der Waals surface area contributed by atoms with E-state index < -0.39 is 0 Å². The third-order valence-electron chi connectivity index (χ3n) is 4.46. The molecule has 2 amide bonds. The van der Waals surface area contributed by atoms with Crippen molar-refractivity contribution in [3.8, 4) is 0 Å². The van der Waals surface area contributed by atoms with E-state index in [0.717, 1.165) is 28.7 Å². The standard InChI is InChI=1S/C19H19ClN2O2/c1-11-14(9-12-3-5-13(6-4-12)18(23)21-2)10-16-15(17(11)20)7-8-22-19(16)24/h3-6,10H,7-9H2,1-2H3,(H,21,23)(H,22,24). The largest absolute Gasteiger partial charge is 0.355 e. The first-order valence-electron chi connectivity index (χ1n) is 7.91. The van der Waals surface area contributed by atoms with E-state index in [2.05, 4.69) is 10.6 Å². The molecule has 0 unspecified atom stereocenters. The molecule has 0 saturated carbocycles. The van der Waals surface area contributed by atoms with Gasteiger partial charge in [0.1, 0.15) is 0 Å². The van der Waals surface area contributed by atoms with Gasteiger partial charge in [-0.15, -0.1) is 0 Å². The molecule has 124 valence electrons. The van der Waals surface area contributed by atoms with Crippen LogP contribution in [0.5, 0.6) is 0 Å². The highest BCUT2D eigenvalue weighted by Crippen LogP contribution is 2.31. The van der Waals surface area contributed by atoms with Gasteiger partial charge in [-0.3, -0.25) is 9.59 Å². The molecule has 1 aliphatic rings. The van der Waals surface area contributed by atoms with E-state index in [-0.39, 0.29) is 11.8 Å². The summed E-state index contributed by atoms with van der Waals surface area (Å²) < 4.78 is 0. The number of amides is 2. The van der Waals surface area contributed by atoms with Crippen LogP contribution in [-0.2, 0) is 12.8 Å². The van der Waals surface area contributed by atoms with E-state index >= 15 is 0 Å². The summed E-state index contributed by atoms with van der Waals surface area (Å²) in [6.07, 6.45) is 1.43. The second-order valence-corrected chi connectivity index (χ2v) is 6.34. The molecule has 24 heavy (non-hydrogen) atoms. The Labute approximate surface area is 146 Å². The fourth-order valence-corrected chi connectivity index (χ4v) is 3.34. The zero-order valence-electron chi connectivity index (χ0n) is 13.7. The first-order valence-corrected chi connectivity index (χ1v) is 8.29. The minimum absolute atomic E-state index is 0.0608. The lowest BCUT2D eigenvalue weighted by Crippen LogP contribution is -2.32. The Bertz CT molecular complexity index is 813. The van der Waals surface area contributed by atoms with Gasteiger partial charge in [-0.1, -0.05) is 23.7 Å². The number of hydrogen-bond acceptors (Lipinski definition) is 2. The maximum Gasteiger partial charge on any atom is 0.251 e. The minimum atomic E-state index is -0.105. The van der Waals surface area contributed by atoms with Crippen molar-refractivity contribution >= 4 is 23.4 Å². The fourth-order valence-electron chi connectivity index (χ4n) is 3.02. The van der Waals surface area contributed by atoms with E-state index in [1.165, 1.54) is 0 Å². The van der Waals surface area contributed by atoms with Crippen LogP contribution in [-0.4, -0.2) is 25.4 Å². The molecule has 0 aromatic heterocycles. The highest BCUT2D eigenvalue weighted by Gasteiger charge is 2.22. The molecule has 1 heterocycles. The molecule has 0 radical (unpaired) electrons. The highest BCUT2D eigenvalue weighted by atomic mass is 35.5. The van der Waals surface area contributed by atoms with Gasteiger partial charge in [0.25, 0.3) is 11.8 Å². The van der Waals surface area contributed by atoms with Gasteiger partial charge in [0.2, 0.25) is 0 Å². The zero-order valence-corrected chi connectivity index (χ0v) is 14.5. The predicted molar refractivity (Wildman–Crippen MR) is 94.9 cm³/mol. The summed E-state index contributed by atoms with van der Waals surface area (Å²) in [5.74, 6) is -0.166. The second kappa shape index (κ2) is 6.65. The SMILES string of the molecule is CNC(=O)c1ccc(Cc2cc3c(c(Cl)c2C)CCNC3=O)cc1. The lowest BCUT2D eigenvalue weighted by molar-refractivity contribution is 0.0942. The van der Waals surface area contributed by atoms with Gasteiger partial charge in [0.15, 0.2) is 0 Å². The normalized spacial score (nSPS) is 13.2. The number of rotatable bonds is 3. The quantitative estimate of drug-likeness (QED) is 0.901. The highest BCUT2D eigenvalue weighted by molar-refractivity contribution is 6.32. The van der Waals surface area contributed by atoms with Crippen LogP contribution in [0.1, 0.15) is 43.0 Å². The lowest BCUT2D eigenvalue weighted by Gasteiger charge is -2.21.